The topological polar surface area (TPSA) is 145 Å². The molecule has 0 bridgehead atoms. The molecule has 2 aromatic carbocycles. The van der Waals surface area contributed by atoms with Gasteiger partial charge in [-0.05, 0) is 44.2 Å². The number of likely N-dealkylation sites (N-methyl/N-ethyl adjacent to an activating group) is 1. The second-order valence-corrected chi connectivity index (χ2v) is 7.44. The predicted molar refractivity (Wildman–Crippen MR) is 148 cm³/mol. The van der Waals surface area contributed by atoms with Crippen LogP contribution in [0.15, 0.2) is 53.7 Å². The molecular weight excluding hydrogens is 482 g/mol. The quantitative estimate of drug-likeness (QED) is 0.267. The van der Waals surface area contributed by atoms with Gasteiger partial charge < -0.3 is 31.4 Å². The van der Waals surface area contributed by atoms with Crippen LogP contribution in [0.5, 0.6) is 5.75 Å². The highest BCUT2D eigenvalue weighted by molar-refractivity contribution is 6.35. The van der Waals surface area contributed by atoms with Crippen molar-refractivity contribution in [1.29, 1.82) is 0 Å². The van der Waals surface area contributed by atoms with Gasteiger partial charge in [-0.1, -0.05) is 55.3 Å². The summed E-state index contributed by atoms with van der Waals surface area (Å²) < 4.78 is 10.0. The maximum Gasteiger partial charge on any atom is 0.317 e. The zero-order chi connectivity index (χ0) is 27.5. The fourth-order valence-corrected chi connectivity index (χ4v) is 2.90. The lowest BCUT2D eigenvalue weighted by atomic mass is 10.1. The first-order chi connectivity index (χ1) is 17.2. The summed E-state index contributed by atoms with van der Waals surface area (Å²) in [5.41, 5.74) is 13.1. The zero-order valence-electron chi connectivity index (χ0n) is 21.8. The number of methoxy groups -OCH3 is 2. The van der Waals surface area contributed by atoms with E-state index < -0.39 is 5.97 Å². The standard InChI is InChI=1S/C11H11ClN4.C10H14O2.C3H7NO2.C2H6/c1-6-2-3-7-8(4-6)10(16-11(13)14)15-5-9(7)12;1-11-8-7-9-3-5-10(12-2)6-4-9;1-4-2-3(5)6;1-2/h2-5H,1H3,(H4,13,14,15,16);3-6H,7-8H2,1-2H3;4H,2H2,1H3,(H,5,6);1-2H3. The number of carboxylic acid groups (broad SMARTS) is 1. The maximum atomic E-state index is 9.54. The highest BCUT2D eigenvalue weighted by Gasteiger charge is 2.06. The highest BCUT2D eigenvalue weighted by atomic mass is 35.5. The monoisotopic (exact) mass is 519 g/mol. The largest absolute Gasteiger partial charge is 0.497 e. The van der Waals surface area contributed by atoms with Crippen molar-refractivity contribution in [3.05, 3.63) is 64.8 Å². The molecule has 0 aliphatic heterocycles. The van der Waals surface area contributed by atoms with Gasteiger partial charge in [0.2, 0.25) is 0 Å². The molecule has 0 amide bonds. The Hall–Kier alpha value is -3.40. The molecule has 1 heterocycles. The van der Waals surface area contributed by atoms with Crippen LogP contribution in [0.1, 0.15) is 25.0 Å². The smallest absolute Gasteiger partial charge is 0.317 e. The van der Waals surface area contributed by atoms with Gasteiger partial charge in [-0.3, -0.25) is 4.79 Å². The Balaban J connectivity index is 0.000000541. The number of hydrogen-bond acceptors (Lipinski definition) is 6. The van der Waals surface area contributed by atoms with Gasteiger partial charge in [0, 0.05) is 24.1 Å². The first-order valence-electron chi connectivity index (χ1n) is 11.3. The van der Waals surface area contributed by atoms with E-state index in [1.807, 2.05) is 51.1 Å². The molecule has 0 unspecified atom stereocenters. The molecule has 36 heavy (non-hydrogen) atoms. The third-order valence-electron chi connectivity index (χ3n) is 4.29. The number of pyridine rings is 1. The van der Waals surface area contributed by atoms with Crippen molar-refractivity contribution in [2.45, 2.75) is 27.2 Å². The van der Waals surface area contributed by atoms with E-state index in [1.165, 1.54) is 5.56 Å². The van der Waals surface area contributed by atoms with Crippen LogP contribution < -0.4 is 21.5 Å². The van der Waals surface area contributed by atoms with Crippen LogP contribution in [0, 0.1) is 6.92 Å². The van der Waals surface area contributed by atoms with Crippen molar-refractivity contribution in [2.24, 2.45) is 16.5 Å². The minimum atomic E-state index is -0.822. The summed E-state index contributed by atoms with van der Waals surface area (Å²) >= 11 is 6.04. The SMILES string of the molecule is CC.CNCC(=O)O.COCCc1ccc(OC)cc1.Cc1ccc2c(Cl)cnc(N=C(N)N)c2c1. The summed E-state index contributed by atoms with van der Waals surface area (Å²) in [7, 11) is 4.97. The number of aryl methyl sites for hydroxylation is 1. The zero-order valence-corrected chi connectivity index (χ0v) is 22.6. The summed E-state index contributed by atoms with van der Waals surface area (Å²) in [6.45, 7) is 6.80. The number of aliphatic carboxylic acids is 1. The molecule has 3 rings (SSSR count). The number of hydrogen-bond donors (Lipinski definition) is 4. The molecule has 3 aromatic rings. The summed E-state index contributed by atoms with van der Waals surface area (Å²) in [4.78, 5) is 17.6. The summed E-state index contributed by atoms with van der Waals surface area (Å²) in [6, 6.07) is 13.9. The van der Waals surface area contributed by atoms with Crippen molar-refractivity contribution < 1.29 is 19.4 Å². The molecule has 0 radical (unpaired) electrons. The van der Waals surface area contributed by atoms with Gasteiger partial charge in [0.25, 0.3) is 0 Å². The lowest BCUT2D eigenvalue weighted by Crippen LogP contribution is -2.22. The van der Waals surface area contributed by atoms with E-state index in [0.717, 1.165) is 35.1 Å². The van der Waals surface area contributed by atoms with E-state index in [-0.39, 0.29) is 12.5 Å². The lowest BCUT2D eigenvalue weighted by molar-refractivity contribution is -0.135. The molecule has 0 atom stereocenters. The first kappa shape index (κ1) is 32.6. The van der Waals surface area contributed by atoms with Crippen molar-refractivity contribution >= 4 is 40.1 Å². The Kier molecular flexibility index (Phi) is 17.1. The van der Waals surface area contributed by atoms with Gasteiger partial charge in [-0.2, -0.15) is 4.99 Å². The Morgan fingerprint density at radius 1 is 1.11 bits per heavy atom. The Bertz CT molecular complexity index is 1070. The lowest BCUT2D eigenvalue weighted by Gasteiger charge is -2.04. The number of nitrogens with one attached hydrogen (secondary N) is 1. The Morgan fingerprint density at radius 3 is 2.22 bits per heavy atom. The van der Waals surface area contributed by atoms with E-state index in [1.54, 1.807) is 27.5 Å². The molecule has 0 aliphatic carbocycles. The number of nitrogens with zero attached hydrogens (tertiary/aromatic N) is 2. The molecule has 9 nitrogen and oxygen atoms in total. The molecule has 6 N–H and O–H groups in total. The van der Waals surface area contributed by atoms with E-state index in [4.69, 9.17) is 37.6 Å². The van der Waals surface area contributed by atoms with E-state index in [2.05, 4.69) is 27.4 Å². The van der Waals surface area contributed by atoms with Crippen molar-refractivity contribution in [3.8, 4) is 5.75 Å². The Morgan fingerprint density at radius 2 is 1.75 bits per heavy atom. The number of nitrogens with two attached hydrogens (primary N) is 2. The number of ether oxygens (including phenoxy) is 2. The highest BCUT2D eigenvalue weighted by Crippen LogP contribution is 2.29. The van der Waals surface area contributed by atoms with E-state index >= 15 is 0 Å². The third-order valence-corrected chi connectivity index (χ3v) is 4.59. The second kappa shape index (κ2) is 18.9. The summed E-state index contributed by atoms with van der Waals surface area (Å²) in [5, 5.41) is 12.6. The molecule has 0 spiro atoms. The van der Waals surface area contributed by atoms with Crippen LogP contribution in [0.2, 0.25) is 5.02 Å². The van der Waals surface area contributed by atoms with Crippen LogP contribution >= 0.6 is 11.6 Å². The number of halogens is 1. The minimum Gasteiger partial charge on any atom is -0.497 e. The fourth-order valence-electron chi connectivity index (χ4n) is 2.68. The average molecular weight is 520 g/mol. The Labute approximate surface area is 218 Å². The molecule has 0 saturated heterocycles. The third kappa shape index (κ3) is 12.9. The predicted octanol–water partition coefficient (Wildman–Crippen LogP) is 4.30. The number of carbonyl (C=O) groups is 1. The molecule has 0 fully saturated rings. The molecule has 1 aromatic heterocycles. The number of aromatic nitrogens is 1. The molecule has 0 saturated carbocycles. The minimum absolute atomic E-state index is 0.0161. The molecule has 198 valence electrons. The fraction of sp³-hybridized carbons (Fsp3) is 0.346. The van der Waals surface area contributed by atoms with Gasteiger partial charge in [-0.25, -0.2) is 4.98 Å². The van der Waals surface area contributed by atoms with Gasteiger partial charge in [0.15, 0.2) is 11.8 Å². The number of guanidine groups is 1. The van der Waals surface area contributed by atoms with Crippen LogP contribution in [0.25, 0.3) is 10.8 Å². The molecular formula is C26H38ClN5O4. The van der Waals surface area contributed by atoms with Gasteiger partial charge in [0.05, 0.1) is 25.3 Å². The van der Waals surface area contributed by atoms with Gasteiger partial charge >= 0.3 is 5.97 Å². The molecule has 0 aliphatic rings. The number of benzene rings is 2. The average Bonchev–Trinajstić information content (AvgIpc) is 2.86. The summed E-state index contributed by atoms with van der Waals surface area (Å²) in [5.74, 6) is 0.550. The van der Waals surface area contributed by atoms with Gasteiger partial charge in [0.1, 0.15) is 5.75 Å². The molecule has 10 heteroatoms. The van der Waals surface area contributed by atoms with Gasteiger partial charge in [-0.15, -0.1) is 0 Å². The van der Waals surface area contributed by atoms with Crippen molar-refractivity contribution in [2.75, 3.05) is 34.4 Å². The van der Waals surface area contributed by atoms with E-state index in [9.17, 15) is 4.79 Å². The van der Waals surface area contributed by atoms with Crippen LogP contribution in [-0.2, 0) is 16.0 Å². The van der Waals surface area contributed by atoms with Crippen LogP contribution in [0.3, 0.4) is 0 Å². The number of fused-ring (bicyclic) bond motifs is 1. The van der Waals surface area contributed by atoms with Crippen molar-refractivity contribution in [3.63, 3.8) is 0 Å². The number of rotatable bonds is 7. The van der Waals surface area contributed by atoms with E-state index in [0.29, 0.717) is 10.8 Å². The first-order valence-corrected chi connectivity index (χ1v) is 11.7. The van der Waals surface area contributed by atoms with Crippen LogP contribution in [-0.4, -0.2) is 56.4 Å². The van der Waals surface area contributed by atoms with Crippen LogP contribution in [0.4, 0.5) is 5.82 Å². The maximum absolute atomic E-state index is 9.54. The second-order valence-electron chi connectivity index (χ2n) is 7.03. The number of carboxylic acids is 1. The number of aliphatic imine (C=N–C) groups is 1. The van der Waals surface area contributed by atoms with Crippen molar-refractivity contribution in [1.82, 2.24) is 10.3 Å². The summed E-state index contributed by atoms with van der Waals surface area (Å²) in [6.07, 6.45) is 2.50. The normalized spacial score (nSPS) is 9.42.